The van der Waals surface area contributed by atoms with Crippen molar-refractivity contribution in [2.75, 3.05) is 0 Å². The number of hydrogen-bond acceptors (Lipinski definition) is 3. The van der Waals surface area contributed by atoms with Gasteiger partial charge in [-0.2, -0.15) is 0 Å². The molecule has 0 aliphatic carbocycles. The van der Waals surface area contributed by atoms with Gasteiger partial charge in [-0.25, -0.2) is 0 Å². The zero-order valence-corrected chi connectivity index (χ0v) is 9.71. The van der Waals surface area contributed by atoms with Crippen LogP contribution in [0.2, 0.25) is 0 Å². The minimum Gasteiger partial charge on any atom is -0.328 e. The predicted octanol–water partition coefficient (Wildman–Crippen LogP) is -3.15. The number of nitrogens with one attached hydrogen (secondary N) is 3. The van der Waals surface area contributed by atoms with E-state index in [0.717, 1.165) is 0 Å². The van der Waals surface area contributed by atoms with Gasteiger partial charge in [-0.1, -0.05) is 0 Å². The van der Waals surface area contributed by atoms with Crippen LogP contribution in [-0.2, 0) is 0 Å². The van der Waals surface area contributed by atoms with Crippen LogP contribution in [-0.4, -0.2) is 50.4 Å². The van der Waals surface area contributed by atoms with E-state index in [4.69, 9.17) is 20.7 Å². The third-order valence-corrected chi connectivity index (χ3v) is 1.50. The van der Waals surface area contributed by atoms with Crippen LogP contribution in [0.5, 0.6) is 0 Å². The van der Waals surface area contributed by atoms with Crippen molar-refractivity contribution in [1.29, 1.82) is 5.41 Å². The van der Waals surface area contributed by atoms with Crippen LogP contribution >= 0.6 is 0 Å². The zero-order chi connectivity index (χ0) is 8.57. The van der Waals surface area contributed by atoms with Crippen molar-refractivity contribution in [2.45, 2.75) is 0 Å². The summed E-state index contributed by atoms with van der Waals surface area (Å²) in [7, 11) is 0. The van der Waals surface area contributed by atoms with E-state index in [2.05, 4.69) is 8.47 Å². The summed E-state index contributed by atoms with van der Waals surface area (Å²) in [4.78, 5) is 8.36. The Morgan fingerprint density at radius 1 is 1.60 bits per heavy atom. The SMILES string of the molecule is N=C(N[AsH2])N[AsH2].O=[N+]([O-])O. The monoisotopic (exact) mass is 274 g/mol. The predicted molar refractivity (Wildman–Crippen MR) is 39.9 cm³/mol. The molecule has 0 aliphatic heterocycles. The molecule has 2 unspecified atom stereocenters. The second kappa shape index (κ2) is 8.59. The second-order valence-electron chi connectivity index (χ2n) is 0.902. The largest absolute Gasteiger partial charge is 0.328 e. The molecule has 0 saturated carbocycles. The van der Waals surface area contributed by atoms with Gasteiger partial charge < -0.3 is 5.21 Å². The molecule has 0 aliphatic rings. The third-order valence-electron chi connectivity index (χ3n) is 0.289. The Morgan fingerprint density at radius 3 is 1.80 bits per heavy atom. The smallest absolute Gasteiger partial charge is 0.291 e. The number of guanidine groups is 1. The first-order valence-electron chi connectivity index (χ1n) is 1.89. The molecule has 0 amide bonds. The first-order chi connectivity index (χ1) is 4.54. The first-order valence-corrected chi connectivity index (χ1v) is 4.32. The molecule has 7 nitrogen and oxygen atoms in total. The summed E-state index contributed by atoms with van der Waals surface area (Å²) in [6, 6.07) is 0. The molecule has 9 heteroatoms. The minimum atomic E-state index is -1.50. The van der Waals surface area contributed by atoms with Gasteiger partial charge in [0, 0.05) is 0 Å². The topological polar surface area (TPSA) is 111 Å². The van der Waals surface area contributed by atoms with Crippen LogP contribution in [0.3, 0.4) is 0 Å². The van der Waals surface area contributed by atoms with Gasteiger partial charge in [0.15, 0.2) is 0 Å². The first kappa shape index (κ1) is 12.3. The fraction of sp³-hybridized carbons (Fsp3) is 0. The van der Waals surface area contributed by atoms with Crippen molar-refractivity contribution in [3.8, 4) is 0 Å². The molecule has 0 heterocycles. The van der Waals surface area contributed by atoms with Gasteiger partial charge in [0.2, 0.25) is 0 Å². The molecule has 4 N–H and O–H groups in total. The molecular formula is CH8As2N4O3. The summed E-state index contributed by atoms with van der Waals surface area (Å²) in [5, 5.41) is 20.4. The van der Waals surface area contributed by atoms with Gasteiger partial charge in [0.1, 0.15) is 0 Å². The standard InChI is InChI=1S/CH7As2N3.HNO3/c2-5-1(4)6-3;2-1(3)4/h2-3H2,(H3,4,5,6);(H,2,3,4). The molecule has 0 saturated heterocycles. The molecule has 0 rings (SSSR count). The van der Waals surface area contributed by atoms with E-state index in [1.54, 1.807) is 0 Å². The molecule has 0 bridgehead atoms. The van der Waals surface area contributed by atoms with Crippen molar-refractivity contribution in [3.05, 3.63) is 10.1 Å². The summed E-state index contributed by atoms with van der Waals surface area (Å²) < 4.78 is 5.33. The molecule has 0 aromatic rings. The second-order valence-corrected chi connectivity index (χ2v) is 2.11. The molecule has 60 valence electrons. The van der Waals surface area contributed by atoms with E-state index >= 15 is 0 Å². The molecule has 0 fully saturated rings. The zero-order valence-electron chi connectivity index (χ0n) is 4.87. The van der Waals surface area contributed by atoms with Gasteiger partial charge in [0.05, 0.1) is 0 Å². The fourth-order valence-electron chi connectivity index (χ4n) is 0.0417. The van der Waals surface area contributed by atoms with Gasteiger partial charge in [-0.05, 0) is 0 Å². The molecule has 2 atom stereocenters. The Hall–Kier alpha value is -0.413. The normalized spacial score (nSPS) is 6.60. The third kappa shape index (κ3) is 25.6. The average Bonchev–Trinajstić information content (AvgIpc) is 1.85. The minimum absolute atomic E-state index is 0.398. The van der Waals surface area contributed by atoms with Gasteiger partial charge in [-0.3, -0.25) is 0 Å². The van der Waals surface area contributed by atoms with Crippen LogP contribution in [0.1, 0.15) is 0 Å². The molecule has 0 aromatic carbocycles. The van der Waals surface area contributed by atoms with Crippen molar-refractivity contribution < 1.29 is 10.3 Å². The van der Waals surface area contributed by atoms with E-state index < -0.39 is 5.09 Å². The molecule has 0 radical (unpaired) electrons. The van der Waals surface area contributed by atoms with Crippen LogP contribution in [0.25, 0.3) is 0 Å². The maximum absolute atomic E-state index is 8.36. The molecule has 0 spiro atoms. The van der Waals surface area contributed by atoms with Crippen LogP contribution in [0.15, 0.2) is 0 Å². The van der Waals surface area contributed by atoms with Crippen molar-refractivity contribution in [1.82, 2.24) is 8.47 Å². The number of nitrogens with zero attached hydrogens (tertiary/aromatic N) is 1. The maximum atomic E-state index is 8.36. The summed E-state index contributed by atoms with van der Waals surface area (Å²) >= 11 is 2.64. The Morgan fingerprint density at radius 2 is 1.80 bits per heavy atom. The fourth-order valence-corrected chi connectivity index (χ4v) is 1.12. The number of rotatable bonds is 0. The summed E-state index contributed by atoms with van der Waals surface area (Å²) in [6.45, 7) is 0. The van der Waals surface area contributed by atoms with Crippen LogP contribution in [0.4, 0.5) is 0 Å². The quantitative estimate of drug-likeness (QED) is 0.122. The van der Waals surface area contributed by atoms with Crippen molar-refractivity contribution >= 4 is 40.1 Å². The molecule has 0 aromatic heterocycles. The van der Waals surface area contributed by atoms with E-state index in [-0.39, 0.29) is 0 Å². The Balaban J connectivity index is 0. The van der Waals surface area contributed by atoms with Crippen LogP contribution < -0.4 is 8.47 Å². The van der Waals surface area contributed by atoms with E-state index in [1.165, 1.54) is 34.2 Å². The van der Waals surface area contributed by atoms with E-state index in [1.807, 2.05) is 0 Å². The summed E-state index contributed by atoms with van der Waals surface area (Å²) in [5.41, 5.74) is 0. The van der Waals surface area contributed by atoms with Crippen molar-refractivity contribution in [3.63, 3.8) is 0 Å². The van der Waals surface area contributed by atoms with Crippen molar-refractivity contribution in [2.24, 2.45) is 0 Å². The summed E-state index contributed by atoms with van der Waals surface area (Å²) in [6.07, 6.45) is 0. The maximum Gasteiger partial charge on any atom is 0.291 e. The average molecular weight is 274 g/mol. The Kier molecular flexibility index (Phi) is 10.5. The van der Waals surface area contributed by atoms with Crippen LogP contribution in [0, 0.1) is 15.5 Å². The van der Waals surface area contributed by atoms with Gasteiger partial charge in [-0.15, -0.1) is 10.1 Å². The van der Waals surface area contributed by atoms with E-state index in [9.17, 15) is 0 Å². The van der Waals surface area contributed by atoms with E-state index in [0.29, 0.717) is 5.96 Å². The Labute approximate surface area is 74.6 Å². The Bertz CT molecular complexity index is 107. The molecular weight excluding hydrogens is 266 g/mol. The number of hydrogen-bond donors (Lipinski definition) is 4. The molecule has 10 heavy (non-hydrogen) atoms. The van der Waals surface area contributed by atoms with Gasteiger partial charge in [0.25, 0.3) is 5.09 Å². The summed E-state index contributed by atoms with van der Waals surface area (Å²) in [5.74, 6) is 0.398. The van der Waals surface area contributed by atoms with Gasteiger partial charge >= 0.3 is 54.0 Å².